The van der Waals surface area contributed by atoms with Crippen LogP contribution in [0.5, 0.6) is 0 Å². The van der Waals surface area contributed by atoms with Gasteiger partial charge >= 0.3 is 0 Å². The largest absolute Gasteiger partial charge is 0.243 e. The first-order valence-corrected chi connectivity index (χ1v) is 10.1. The predicted octanol–water partition coefficient (Wildman–Crippen LogP) is 4.17. The highest BCUT2D eigenvalue weighted by molar-refractivity contribution is 7.89. The number of terminal acetylenes is 1. The van der Waals surface area contributed by atoms with Gasteiger partial charge in [-0.25, -0.2) is 8.42 Å². The second kappa shape index (κ2) is 8.51. The summed E-state index contributed by atoms with van der Waals surface area (Å²) in [6.07, 6.45) is 12.7. The van der Waals surface area contributed by atoms with Crippen molar-refractivity contribution in [2.24, 2.45) is 11.8 Å². The number of nitrogens with zero attached hydrogens (tertiary/aromatic N) is 1. The summed E-state index contributed by atoms with van der Waals surface area (Å²) < 4.78 is 27.7. The van der Waals surface area contributed by atoms with Gasteiger partial charge in [-0.15, -0.1) is 6.42 Å². The molecule has 0 saturated carbocycles. The van der Waals surface area contributed by atoms with Gasteiger partial charge in [0.1, 0.15) is 0 Å². The Balaban J connectivity index is 2.27. The SMILES string of the molecule is C#C/C=C/CN(CC1=CCC(C)C(C)C1)S(=O)(=O)c1ccc(C)cc1. The van der Waals surface area contributed by atoms with Crippen LogP contribution in [0.1, 0.15) is 32.3 Å². The fraction of sp³-hybridized carbons (Fsp3) is 0.429. The van der Waals surface area contributed by atoms with Crippen molar-refractivity contribution in [3.63, 3.8) is 0 Å². The number of rotatable bonds is 6. The highest BCUT2D eigenvalue weighted by atomic mass is 32.2. The van der Waals surface area contributed by atoms with Gasteiger partial charge in [0.25, 0.3) is 0 Å². The minimum atomic E-state index is -3.56. The molecule has 25 heavy (non-hydrogen) atoms. The van der Waals surface area contributed by atoms with Crippen molar-refractivity contribution in [1.29, 1.82) is 0 Å². The van der Waals surface area contributed by atoms with Gasteiger partial charge in [0, 0.05) is 13.1 Å². The number of hydrogen-bond donors (Lipinski definition) is 0. The van der Waals surface area contributed by atoms with Crippen LogP contribution in [0.3, 0.4) is 0 Å². The molecule has 0 aliphatic heterocycles. The lowest BCUT2D eigenvalue weighted by atomic mass is 9.82. The van der Waals surface area contributed by atoms with Gasteiger partial charge in [-0.05, 0) is 49.8 Å². The predicted molar refractivity (Wildman–Crippen MR) is 104 cm³/mol. The van der Waals surface area contributed by atoms with Gasteiger partial charge in [-0.1, -0.05) is 55.2 Å². The Morgan fingerprint density at radius 2 is 1.92 bits per heavy atom. The van der Waals surface area contributed by atoms with Crippen molar-refractivity contribution in [1.82, 2.24) is 4.31 Å². The summed E-state index contributed by atoms with van der Waals surface area (Å²) in [4.78, 5) is 0.324. The number of benzene rings is 1. The molecule has 0 saturated heterocycles. The molecule has 1 aliphatic rings. The number of sulfonamides is 1. The zero-order chi connectivity index (χ0) is 18.4. The van der Waals surface area contributed by atoms with Gasteiger partial charge in [-0.3, -0.25) is 0 Å². The third kappa shape index (κ3) is 5.07. The molecule has 0 spiro atoms. The fourth-order valence-electron chi connectivity index (χ4n) is 2.98. The molecule has 2 atom stereocenters. The normalized spacial score (nSPS) is 21.3. The van der Waals surface area contributed by atoms with Crippen LogP contribution in [0.2, 0.25) is 0 Å². The lowest BCUT2D eigenvalue weighted by Crippen LogP contribution is -2.34. The summed E-state index contributed by atoms with van der Waals surface area (Å²) >= 11 is 0. The van der Waals surface area contributed by atoms with Crippen LogP contribution in [-0.2, 0) is 10.0 Å². The van der Waals surface area contributed by atoms with Crippen LogP contribution >= 0.6 is 0 Å². The smallest absolute Gasteiger partial charge is 0.207 e. The first-order chi connectivity index (χ1) is 11.8. The third-order valence-corrected chi connectivity index (χ3v) is 6.72. The Labute approximate surface area is 152 Å². The maximum absolute atomic E-state index is 13.1. The molecule has 2 rings (SSSR count). The van der Waals surface area contributed by atoms with E-state index in [1.807, 2.05) is 19.1 Å². The minimum absolute atomic E-state index is 0.279. The standard InChI is InChI=1S/C21H27NO2S/c1-5-6-7-14-22(16-20-11-10-18(3)19(4)15-20)25(23,24)21-12-8-17(2)9-13-21/h1,6-9,11-13,18-19H,10,14-16H2,2-4H3/b7-6+. The lowest BCUT2D eigenvalue weighted by molar-refractivity contribution is 0.354. The molecule has 2 unspecified atom stereocenters. The molecular formula is C21H27NO2S. The van der Waals surface area contributed by atoms with Gasteiger partial charge in [0.15, 0.2) is 0 Å². The summed E-state index contributed by atoms with van der Waals surface area (Å²) in [6.45, 7) is 7.12. The van der Waals surface area contributed by atoms with E-state index in [0.717, 1.165) is 18.4 Å². The molecule has 3 nitrogen and oxygen atoms in total. The summed E-state index contributed by atoms with van der Waals surface area (Å²) in [5, 5.41) is 0. The topological polar surface area (TPSA) is 37.4 Å². The molecule has 0 amide bonds. The second-order valence-corrected chi connectivity index (χ2v) is 8.87. The van der Waals surface area contributed by atoms with E-state index in [9.17, 15) is 8.42 Å². The Kier molecular flexibility index (Phi) is 6.64. The van der Waals surface area contributed by atoms with Crippen LogP contribution in [0.25, 0.3) is 0 Å². The third-order valence-electron chi connectivity index (χ3n) is 4.90. The van der Waals surface area contributed by atoms with Crippen molar-refractivity contribution in [3.8, 4) is 12.3 Å². The molecule has 0 fully saturated rings. The summed E-state index contributed by atoms with van der Waals surface area (Å²) in [5.74, 6) is 3.64. The van der Waals surface area contributed by atoms with Gasteiger partial charge in [0.05, 0.1) is 4.90 Å². The lowest BCUT2D eigenvalue weighted by Gasteiger charge is -2.29. The van der Waals surface area contributed by atoms with Gasteiger partial charge < -0.3 is 0 Å². The maximum atomic E-state index is 13.1. The van der Waals surface area contributed by atoms with Crippen LogP contribution in [-0.4, -0.2) is 25.8 Å². The number of allylic oxidation sites excluding steroid dienone is 2. The maximum Gasteiger partial charge on any atom is 0.243 e. The van der Waals surface area contributed by atoms with E-state index in [1.54, 1.807) is 24.3 Å². The van der Waals surface area contributed by atoms with E-state index in [1.165, 1.54) is 9.88 Å². The van der Waals surface area contributed by atoms with Crippen molar-refractivity contribution < 1.29 is 8.42 Å². The molecule has 134 valence electrons. The quantitative estimate of drug-likeness (QED) is 0.566. The average Bonchev–Trinajstić information content (AvgIpc) is 2.57. The van der Waals surface area contributed by atoms with Crippen molar-refractivity contribution in [2.45, 2.75) is 38.5 Å². The molecule has 1 aromatic rings. The monoisotopic (exact) mass is 357 g/mol. The van der Waals surface area contributed by atoms with E-state index in [2.05, 4.69) is 25.8 Å². The van der Waals surface area contributed by atoms with Gasteiger partial charge in [-0.2, -0.15) is 4.31 Å². The highest BCUT2D eigenvalue weighted by Crippen LogP contribution is 2.30. The molecule has 0 heterocycles. The molecule has 1 aliphatic carbocycles. The van der Waals surface area contributed by atoms with Crippen LogP contribution in [0.4, 0.5) is 0 Å². The Morgan fingerprint density at radius 1 is 1.24 bits per heavy atom. The molecule has 0 bridgehead atoms. The van der Waals surface area contributed by atoms with Crippen molar-refractivity contribution in [3.05, 3.63) is 53.6 Å². The summed E-state index contributed by atoms with van der Waals surface area (Å²) in [5.41, 5.74) is 2.23. The van der Waals surface area contributed by atoms with E-state index in [-0.39, 0.29) is 6.54 Å². The minimum Gasteiger partial charge on any atom is -0.207 e. The Bertz CT molecular complexity index is 782. The van der Waals surface area contributed by atoms with Crippen LogP contribution in [0.15, 0.2) is 53.0 Å². The highest BCUT2D eigenvalue weighted by Gasteiger charge is 2.26. The molecule has 4 heteroatoms. The van der Waals surface area contributed by atoms with E-state index < -0.39 is 10.0 Å². The Hall–Kier alpha value is -1.83. The number of aryl methyl sites for hydroxylation is 1. The van der Waals surface area contributed by atoms with Gasteiger partial charge in [0.2, 0.25) is 10.0 Å². The second-order valence-electron chi connectivity index (χ2n) is 6.94. The number of hydrogen-bond acceptors (Lipinski definition) is 2. The zero-order valence-electron chi connectivity index (χ0n) is 15.3. The zero-order valence-corrected chi connectivity index (χ0v) is 16.1. The van der Waals surface area contributed by atoms with Crippen molar-refractivity contribution in [2.75, 3.05) is 13.1 Å². The van der Waals surface area contributed by atoms with Crippen LogP contribution in [0, 0.1) is 31.1 Å². The van der Waals surface area contributed by atoms with Crippen molar-refractivity contribution >= 4 is 10.0 Å². The molecule has 0 aromatic heterocycles. The Morgan fingerprint density at radius 3 is 2.52 bits per heavy atom. The van der Waals surface area contributed by atoms with Crippen LogP contribution < -0.4 is 0 Å². The molecular weight excluding hydrogens is 330 g/mol. The first kappa shape index (κ1) is 19.5. The first-order valence-electron chi connectivity index (χ1n) is 8.70. The molecule has 1 aromatic carbocycles. The van der Waals surface area contributed by atoms with E-state index in [0.29, 0.717) is 23.3 Å². The van der Waals surface area contributed by atoms with E-state index in [4.69, 9.17) is 6.42 Å². The summed E-state index contributed by atoms with van der Waals surface area (Å²) in [7, 11) is -3.56. The molecule has 0 N–H and O–H groups in total. The summed E-state index contributed by atoms with van der Waals surface area (Å²) in [6, 6.07) is 6.99. The molecule has 0 radical (unpaired) electrons. The fourth-order valence-corrected chi connectivity index (χ4v) is 4.38. The average molecular weight is 358 g/mol. The van der Waals surface area contributed by atoms with E-state index >= 15 is 0 Å².